The molecule has 0 radical (unpaired) electrons. The van der Waals surface area contributed by atoms with E-state index in [2.05, 4.69) is 22.4 Å². The molecule has 0 aliphatic rings. The van der Waals surface area contributed by atoms with Crippen LogP contribution in [0.3, 0.4) is 0 Å². The molecule has 1 amide bonds. The topological polar surface area (TPSA) is 90.0 Å². The van der Waals surface area contributed by atoms with E-state index in [1.807, 2.05) is 0 Å². The summed E-state index contributed by atoms with van der Waals surface area (Å²) in [5, 5.41) is 12.0. The number of para-hydroxylation sites is 2. The van der Waals surface area contributed by atoms with Crippen LogP contribution in [0, 0.1) is 0 Å². The predicted octanol–water partition coefficient (Wildman–Crippen LogP) is 2.43. The van der Waals surface area contributed by atoms with Crippen molar-refractivity contribution in [2.45, 2.75) is 32.7 Å². The van der Waals surface area contributed by atoms with E-state index in [0.29, 0.717) is 16.2 Å². The number of unbranched alkanes of at least 4 members (excludes halogenated alkanes) is 1. The summed E-state index contributed by atoms with van der Waals surface area (Å²) < 4.78 is 6.40. The zero-order chi connectivity index (χ0) is 16.2. The highest BCUT2D eigenvalue weighted by molar-refractivity contribution is 7.15. The van der Waals surface area contributed by atoms with E-state index >= 15 is 0 Å². The summed E-state index contributed by atoms with van der Waals surface area (Å²) in [5.74, 6) is -0.890. The SMILES string of the molecule is CCCCc1nnc(NC(=O)Cn2c(=O)oc3ccccc32)s1. The molecule has 0 bridgehead atoms. The Kier molecular flexibility index (Phi) is 4.52. The van der Waals surface area contributed by atoms with Gasteiger partial charge in [-0.05, 0) is 18.6 Å². The van der Waals surface area contributed by atoms with Crippen LogP contribution in [0.1, 0.15) is 24.8 Å². The van der Waals surface area contributed by atoms with Gasteiger partial charge < -0.3 is 4.42 Å². The highest BCUT2D eigenvalue weighted by Crippen LogP contribution is 2.17. The van der Waals surface area contributed by atoms with E-state index in [0.717, 1.165) is 24.3 Å². The van der Waals surface area contributed by atoms with Crippen LogP contribution in [-0.4, -0.2) is 20.7 Å². The third-order valence-corrected chi connectivity index (χ3v) is 4.23. The minimum Gasteiger partial charge on any atom is -0.408 e. The zero-order valence-corrected chi connectivity index (χ0v) is 13.4. The van der Waals surface area contributed by atoms with Crippen molar-refractivity contribution in [3.63, 3.8) is 0 Å². The molecular weight excluding hydrogens is 316 g/mol. The van der Waals surface area contributed by atoms with Gasteiger partial charge in [-0.3, -0.25) is 14.7 Å². The van der Waals surface area contributed by atoms with Crippen molar-refractivity contribution in [2.75, 3.05) is 5.32 Å². The first kappa shape index (κ1) is 15.4. The number of nitrogens with one attached hydrogen (secondary N) is 1. The minimum atomic E-state index is -0.553. The first-order valence-electron chi connectivity index (χ1n) is 7.38. The molecule has 0 fully saturated rings. The maximum absolute atomic E-state index is 12.1. The molecule has 1 aromatic carbocycles. The lowest BCUT2D eigenvalue weighted by atomic mass is 10.3. The summed E-state index contributed by atoms with van der Waals surface area (Å²) in [4.78, 5) is 24.0. The summed E-state index contributed by atoms with van der Waals surface area (Å²) in [5.41, 5.74) is 1.05. The normalized spacial score (nSPS) is 11.0. The number of rotatable bonds is 6. The van der Waals surface area contributed by atoms with Gasteiger partial charge in [0.2, 0.25) is 11.0 Å². The standard InChI is InChI=1S/C15H16N4O3S/c1-2-3-8-13-17-18-14(23-13)16-12(20)9-19-10-6-4-5-7-11(10)22-15(19)21/h4-7H,2-3,8-9H2,1H3,(H,16,18,20). The van der Waals surface area contributed by atoms with Gasteiger partial charge in [0.05, 0.1) is 5.52 Å². The number of aryl methyl sites for hydroxylation is 1. The average Bonchev–Trinajstić information content (AvgIpc) is 3.10. The summed E-state index contributed by atoms with van der Waals surface area (Å²) in [6.07, 6.45) is 2.98. The number of hydrogen-bond donors (Lipinski definition) is 1. The van der Waals surface area contributed by atoms with Crippen LogP contribution in [0.2, 0.25) is 0 Å². The molecule has 2 aromatic heterocycles. The fourth-order valence-electron chi connectivity index (χ4n) is 2.20. The smallest absolute Gasteiger partial charge is 0.408 e. The number of aromatic nitrogens is 3. The molecule has 0 saturated heterocycles. The van der Waals surface area contributed by atoms with Crippen LogP contribution in [0.15, 0.2) is 33.5 Å². The molecule has 8 heteroatoms. The van der Waals surface area contributed by atoms with E-state index < -0.39 is 5.76 Å². The van der Waals surface area contributed by atoms with Crippen LogP contribution in [-0.2, 0) is 17.8 Å². The van der Waals surface area contributed by atoms with Crippen LogP contribution in [0.5, 0.6) is 0 Å². The Labute approximate surface area is 136 Å². The zero-order valence-electron chi connectivity index (χ0n) is 12.6. The summed E-state index contributed by atoms with van der Waals surface area (Å²) in [6.45, 7) is 1.98. The van der Waals surface area contributed by atoms with Gasteiger partial charge >= 0.3 is 5.76 Å². The molecule has 7 nitrogen and oxygen atoms in total. The Hall–Kier alpha value is -2.48. The van der Waals surface area contributed by atoms with Gasteiger partial charge in [0, 0.05) is 6.42 Å². The average molecular weight is 332 g/mol. The van der Waals surface area contributed by atoms with Crippen molar-refractivity contribution >= 4 is 33.5 Å². The number of benzene rings is 1. The number of fused-ring (bicyclic) bond motifs is 1. The van der Waals surface area contributed by atoms with E-state index in [4.69, 9.17) is 4.42 Å². The lowest BCUT2D eigenvalue weighted by molar-refractivity contribution is -0.116. The van der Waals surface area contributed by atoms with Crippen LogP contribution >= 0.6 is 11.3 Å². The van der Waals surface area contributed by atoms with Gasteiger partial charge in [-0.25, -0.2) is 4.79 Å². The van der Waals surface area contributed by atoms with E-state index in [9.17, 15) is 9.59 Å². The van der Waals surface area contributed by atoms with Crippen molar-refractivity contribution in [2.24, 2.45) is 0 Å². The fourth-order valence-corrected chi connectivity index (χ4v) is 3.00. The van der Waals surface area contributed by atoms with Crippen molar-refractivity contribution in [3.8, 4) is 0 Å². The first-order chi connectivity index (χ1) is 11.2. The molecule has 23 heavy (non-hydrogen) atoms. The Balaban J connectivity index is 1.70. The van der Waals surface area contributed by atoms with E-state index in [1.165, 1.54) is 15.9 Å². The van der Waals surface area contributed by atoms with Crippen molar-refractivity contribution in [1.29, 1.82) is 0 Å². The van der Waals surface area contributed by atoms with Crippen LogP contribution in [0.25, 0.3) is 11.1 Å². The minimum absolute atomic E-state index is 0.125. The van der Waals surface area contributed by atoms with Gasteiger partial charge in [0.1, 0.15) is 11.6 Å². The third kappa shape index (κ3) is 3.48. The number of oxazole rings is 1. The molecule has 0 spiro atoms. The monoisotopic (exact) mass is 332 g/mol. The molecule has 0 aliphatic carbocycles. The summed E-state index contributed by atoms with van der Waals surface area (Å²) in [7, 11) is 0. The second-order valence-corrected chi connectivity index (χ2v) is 6.14. The Bertz CT molecular complexity index is 880. The molecule has 2 heterocycles. The molecule has 3 rings (SSSR count). The molecule has 120 valence electrons. The van der Waals surface area contributed by atoms with Crippen LogP contribution < -0.4 is 11.1 Å². The van der Waals surface area contributed by atoms with Gasteiger partial charge in [-0.1, -0.05) is 36.8 Å². The molecule has 3 aromatic rings. The molecular formula is C15H16N4O3S. The quantitative estimate of drug-likeness (QED) is 0.749. The Morgan fingerprint density at radius 3 is 3.00 bits per heavy atom. The van der Waals surface area contributed by atoms with Crippen molar-refractivity contribution < 1.29 is 9.21 Å². The van der Waals surface area contributed by atoms with E-state index in [-0.39, 0.29) is 12.5 Å². The van der Waals surface area contributed by atoms with Gasteiger partial charge in [0.25, 0.3) is 0 Å². The third-order valence-electron chi connectivity index (χ3n) is 3.33. The Morgan fingerprint density at radius 1 is 1.35 bits per heavy atom. The summed E-state index contributed by atoms with van der Waals surface area (Å²) in [6, 6.07) is 6.99. The number of hydrogen-bond acceptors (Lipinski definition) is 6. The van der Waals surface area contributed by atoms with Gasteiger partial charge in [-0.2, -0.15) is 0 Å². The number of nitrogens with zero attached hydrogens (tertiary/aromatic N) is 3. The number of amides is 1. The first-order valence-corrected chi connectivity index (χ1v) is 8.19. The van der Waals surface area contributed by atoms with Crippen LogP contribution in [0.4, 0.5) is 5.13 Å². The maximum Gasteiger partial charge on any atom is 0.420 e. The van der Waals surface area contributed by atoms with Crippen molar-refractivity contribution in [1.82, 2.24) is 14.8 Å². The molecule has 0 atom stereocenters. The fraction of sp³-hybridized carbons (Fsp3) is 0.333. The second-order valence-electron chi connectivity index (χ2n) is 5.07. The predicted molar refractivity (Wildman–Crippen MR) is 87.6 cm³/mol. The van der Waals surface area contributed by atoms with Gasteiger partial charge in [-0.15, -0.1) is 10.2 Å². The van der Waals surface area contributed by atoms with Gasteiger partial charge in [0.15, 0.2) is 5.58 Å². The number of carbonyl (C=O) groups excluding carboxylic acids is 1. The lowest BCUT2D eigenvalue weighted by Crippen LogP contribution is -2.24. The summed E-state index contributed by atoms with van der Waals surface area (Å²) >= 11 is 1.36. The maximum atomic E-state index is 12.1. The second kappa shape index (κ2) is 6.74. The number of anilines is 1. The van der Waals surface area contributed by atoms with Crippen molar-refractivity contribution in [3.05, 3.63) is 39.8 Å². The molecule has 0 unspecified atom stereocenters. The number of carbonyl (C=O) groups is 1. The highest BCUT2D eigenvalue weighted by atomic mass is 32.1. The molecule has 0 aliphatic heterocycles. The Morgan fingerprint density at radius 2 is 2.17 bits per heavy atom. The molecule has 0 saturated carbocycles. The highest BCUT2D eigenvalue weighted by Gasteiger charge is 2.14. The lowest BCUT2D eigenvalue weighted by Gasteiger charge is -2.01. The van der Waals surface area contributed by atoms with E-state index in [1.54, 1.807) is 24.3 Å². The largest absolute Gasteiger partial charge is 0.420 e. The molecule has 1 N–H and O–H groups in total.